The van der Waals surface area contributed by atoms with Crippen LogP contribution in [0, 0.1) is 0 Å². The molecule has 2 aromatic rings. The minimum atomic E-state index is -2.04. The fourth-order valence-corrected chi connectivity index (χ4v) is 9.94. The van der Waals surface area contributed by atoms with E-state index < -0.39 is 18.4 Å². The standard InChI is InChI=1S/C12H15.C6H5.2CH3.Sn/c1-3-4-8-11(2)12-9-6-5-7-10-12;1-2-4-6-5-3-1;;;/h5-7,9-10H,1-4,8H2;1-5H;2*1H3;. The van der Waals surface area contributed by atoms with E-state index >= 15 is 0 Å². The van der Waals surface area contributed by atoms with Gasteiger partial charge in [0.15, 0.2) is 0 Å². The van der Waals surface area contributed by atoms with Crippen molar-refractivity contribution >= 4 is 27.5 Å². The van der Waals surface area contributed by atoms with Gasteiger partial charge in [-0.05, 0) is 0 Å². The van der Waals surface area contributed by atoms with E-state index in [4.69, 9.17) is 0 Å². The second-order valence-corrected chi connectivity index (χ2v) is 20.3. The van der Waals surface area contributed by atoms with Crippen molar-refractivity contribution < 1.29 is 0 Å². The molecular formula is C20H26Sn. The van der Waals surface area contributed by atoms with Gasteiger partial charge >= 0.3 is 134 Å². The predicted molar refractivity (Wildman–Crippen MR) is 97.7 cm³/mol. The van der Waals surface area contributed by atoms with Gasteiger partial charge < -0.3 is 0 Å². The van der Waals surface area contributed by atoms with Gasteiger partial charge in [0.1, 0.15) is 0 Å². The summed E-state index contributed by atoms with van der Waals surface area (Å²) in [4.78, 5) is 5.10. The third-order valence-electron chi connectivity index (χ3n) is 4.27. The average molecular weight is 385 g/mol. The van der Waals surface area contributed by atoms with Crippen LogP contribution in [0.2, 0.25) is 14.3 Å². The van der Waals surface area contributed by atoms with Crippen molar-refractivity contribution in [2.24, 2.45) is 0 Å². The van der Waals surface area contributed by atoms with Crippen LogP contribution in [-0.4, -0.2) is 18.4 Å². The van der Waals surface area contributed by atoms with Gasteiger partial charge in [0.2, 0.25) is 0 Å². The van der Waals surface area contributed by atoms with Crippen molar-refractivity contribution in [1.82, 2.24) is 0 Å². The van der Waals surface area contributed by atoms with E-state index in [2.05, 4.69) is 77.1 Å². The molecule has 21 heavy (non-hydrogen) atoms. The molecular weight excluding hydrogens is 359 g/mol. The molecule has 0 saturated heterocycles. The fraction of sp³-hybridized carbons (Fsp3) is 0.300. The van der Waals surface area contributed by atoms with Crippen LogP contribution in [0.4, 0.5) is 0 Å². The van der Waals surface area contributed by atoms with Gasteiger partial charge in [-0.1, -0.05) is 0 Å². The molecule has 0 nitrogen and oxygen atoms in total. The Hall–Kier alpha value is -1.02. The number of rotatable bonds is 7. The van der Waals surface area contributed by atoms with Gasteiger partial charge in [-0.25, -0.2) is 0 Å². The zero-order chi connectivity index (χ0) is 15.1. The SMILES string of the molecule is C=C(CCC[CH2][Sn]([CH3])([CH3])[c]1ccccc1)c1ccccc1. The normalized spacial score (nSPS) is 11.3. The maximum absolute atomic E-state index is 4.23. The Kier molecular flexibility index (Phi) is 6.10. The first-order valence-electron chi connectivity index (χ1n) is 7.88. The zero-order valence-corrected chi connectivity index (χ0v) is 16.2. The van der Waals surface area contributed by atoms with Gasteiger partial charge in [-0.2, -0.15) is 0 Å². The third-order valence-corrected chi connectivity index (χ3v) is 14.3. The van der Waals surface area contributed by atoms with E-state index in [1.165, 1.54) is 28.4 Å². The van der Waals surface area contributed by atoms with Crippen molar-refractivity contribution in [3.63, 3.8) is 0 Å². The second-order valence-electron chi connectivity index (χ2n) is 6.43. The van der Waals surface area contributed by atoms with Crippen LogP contribution >= 0.6 is 0 Å². The number of hydrogen-bond acceptors (Lipinski definition) is 0. The van der Waals surface area contributed by atoms with Crippen LogP contribution in [0.3, 0.4) is 0 Å². The Morgan fingerprint density at radius 1 is 0.857 bits per heavy atom. The van der Waals surface area contributed by atoms with E-state index in [1.807, 2.05) is 0 Å². The molecule has 0 unspecified atom stereocenters. The van der Waals surface area contributed by atoms with Crippen LogP contribution in [-0.2, 0) is 0 Å². The second kappa shape index (κ2) is 7.84. The molecule has 0 aliphatic rings. The first kappa shape index (κ1) is 16.4. The Bertz CT molecular complexity index is 555. The van der Waals surface area contributed by atoms with Crippen molar-refractivity contribution in [2.75, 3.05) is 0 Å². The summed E-state index contributed by atoms with van der Waals surface area (Å²) in [6.45, 7) is 4.23. The Morgan fingerprint density at radius 2 is 1.43 bits per heavy atom. The van der Waals surface area contributed by atoms with Crippen molar-refractivity contribution in [3.8, 4) is 0 Å². The summed E-state index contributed by atoms with van der Waals surface area (Å²) in [6, 6.07) is 21.7. The molecule has 0 heterocycles. The van der Waals surface area contributed by atoms with Gasteiger partial charge in [0.25, 0.3) is 0 Å². The molecule has 0 atom stereocenters. The molecule has 0 saturated carbocycles. The molecule has 0 aliphatic heterocycles. The summed E-state index contributed by atoms with van der Waals surface area (Å²) < 4.78 is 3.08. The topological polar surface area (TPSA) is 0 Å². The zero-order valence-electron chi connectivity index (χ0n) is 13.3. The number of benzene rings is 2. The van der Waals surface area contributed by atoms with Gasteiger partial charge in [-0.3, -0.25) is 0 Å². The van der Waals surface area contributed by atoms with Crippen LogP contribution in [0.1, 0.15) is 24.8 Å². The monoisotopic (exact) mass is 386 g/mol. The summed E-state index contributed by atoms with van der Waals surface area (Å²) in [5.41, 5.74) is 2.58. The molecule has 0 radical (unpaired) electrons. The van der Waals surface area contributed by atoms with E-state index in [0.29, 0.717) is 0 Å². The summed E-state index contributed by atoms with van der Waals surface area (Å²) >= 11 is -2.04. The average Bonchev–Trinajstić information content (AvgIpc) is 2.53. The van der Waals surface area contributed by atoms with Crippen LogP contribution in [0.15, 0.2) is 67.2 Å². The van der Waals surface area contributed by atoms with E-state index in [0.717, 1.165) is 6.42 Å². The van der Waals surface area contributed by atoms with E-state index in [9.17, 15) is 0 Å². The molecule has 0 N–H and O–H groups in total. The number of hydrogen-bond donors (Lipinski definition) is 0. The maximum atomic E-state index is 4.23. The van der Waals surface area contributed by atoms with Crippen LogP contribution < -0.4 is 3.58 Å². The third kappa shape index (κ3) is 5.03. The van der Waals surface area contributed by atoms with Gasteiger partial charge in [0.05, 0.1) is 0 Å². The van der Waals surface area contributed by atoms with Gasteiger partial charge in [0, 0.05) is 0 Å². The Morgan fingerprint density at radius 3 is 2.05 bits per heavy atom. The molecule has 0 bridgehead atoms. The molecule has 110 valence electrons. The van der Waals surface area contributed by atoms with E-state index in [1.54, 1.807) is 3.58 Å². The fourth-order valence-electron chi connectivity index (χ4n) is 2.76. The van der Waals surface area contributed by atoms with E-state index in [-0.39, 0.29) is 0 Å². The Labute approximate surface area is 133 Å². The molecule has 0 spiro atoms. The minimum absolute atomic E-state index is 1.13. The Balaban J connectivity index is 1.78. The van der Waals surface area contributed by atoms with Crippen molar-refractivity contribution in [1.29, 1.82) is 0 Å². The van der Waals surface area contributed by atoms with Crippen molar-refractivity contribution in [3.05, 3.63) is 72.8 Å². The summed E-state index contributed by atoms with van der Waals surface area (Å²) in [6.07, 6.45) is 3.73. The molecule has 2 aromatic carbocycles. The molecule has 0 amide bonds. The molecule has 0 fully saturated rings. The predicted octanol–water partition coefficient (Wildman–Crippen LogP) is 5.49. The van der Waals surface area contributed by atoms with Gasteiger partial charge in [-0.15, -0.1) is 0 Å². The molecule has 0 aromatic heterocycles. The number of unbranched alkanes of at least 4 members (excludes halogenated alkanes) is 1. The molecule has 0 aliphatic carbocycles. The first-order valence-corrected chi connectivity index (χ1v) is 17.0. The van der Waals surface area contributed by atoms with Crippen LogP contribution in [0.25, 0.3) is 5.57 Å². The quantitative estimate of drug-likeness (QED) is 0.437. The summed E-state index contributed by atoms with van der Waals surface area (Å²) in [7, 11) is 0. The molecule has 1 heteroatoms. The number of allylic oxidation sites excluding steroid dienone is 1. The summed E-state index contributed by atoms with van der Waals surface area (Å²) in [5.74, 6) is 0. The van der Waals surface area contributed by atoms with Crippen molar-refractivity contribution in [2.45, 2.75) is 33.6 Å². The first-order chi connectivity index (χ1) is 10.1. The summed E-state index contributed by atoms with van der Waals surface area (Å²) in [5, 5.41) is 0. The van der Waals surface area contributed by atoms with Crippen LogP contribution in [0.5, 0.6) is 0 Å². The molecule has 2 rings (SSSR count).